The van der Waals surface area contributed by atoms with Crippen molar-refractivity contribution in [1.82, 2.24) is 20.4 Å². The van der Waals surface area contributed by atoms with E-state index in [0.29, 0.717) is 28.9 Å². The minimum Gasteiger partial charge on any atom is -0.351 e. The molecule has 124 valence electrons. The van der Waals surface area contributed by atoms with Crippen molar-refractivity contribution in [2.75, 3.05) is 26.2 Å². The van der Waals surface area contributed by atoms with Gasteiger partial charge in [-0.15, -0.1) is 0 Å². The minimum atomic E-state index is -0.0818. The molecule has 3 rings (SSSR count). The Morgan fingerprint density at radius 3 is 2.74 bits per heavy atom. The van der Waals surface area contributed by atoms with Gasteiger partial charge in [-0.1, -0.05) is 18.0 Å². The molecule has 0 saturated carbocycles. The van der Waals surface area contributed by atoms with Gasteiger partial charge in [-0.05, 0) is 45.8 Å². The van der Waals surface area contributed by atoms with Gasteiger partial charge in [0, 0.05) is 18.8 Å². The van der Waals surface area contributed by atoms with Gasteiger partial charge in [-0.2, -0.15) is 0 Å². The fourth-order valence-electron chi connectivity index (χ4n) is 3.18. The maximum absolute atomic E-state index is 12.5. The molecule has 1 N–H and O–H groups in total. The van der Waals surface area contributed by atoms with Crippen LogP contribution >= 0.6 is 0 Å². The molecule has 1 aliphatic rings. The van der Waals surface area contributed by atoms with E-state index in [0.717, 1.165) is 25.3 Å². The Morgan fingerprint density at radius 1 is 1.26 bits per heavy atom. The van der Waals surface area contributed by atoms with E-state index in [1.165, 1.54) is 25.7 Å². The number of fused-ring (bicyclic) bond motifs is 1. The number of rotatable bonds is 4. The van der Waals surface area contributed by atoms with Crippen LogP contribution in [-0.4, -0.2) is 47.1 Å². The van der Waals surface area contributed by atoms with Gasteiger partial charge in [0.15, 0.2) is 0 Å². The Kier molecular flexibility index (Phi) is 4.91. The highest BCUT2D eigenvalue weighted by Gasteiger charge is 2.18. The number of hydrogen-bond acceptors (Lipinski definition) is 5. The third-order valence-electron chi connectivity index (χ3n) is 4.40. The zero-order valence-corrected chi connectivity index (χ0v) is 13.9. The van der Waals surface area contributed by atoms with Crippen molar-refractivity contribution >= 4 is 17.0 Å². The van der Waals surface area contributed by atoms with Crippen LogP contribution in [0.2, 0.25) is 0 Å². The molecule has 23 heavy (non-hydrogen) atoms. The molecule has 2 aromatic rings. The number of aryl methyl sites for hydroxylation is 2. The number of nitrogens with one attached hydrogen (secondary N) is 1. The van der Waals surface area contributed by atoms with E-state index < -0.39 is 0 Å². The van der Waals surface area contributed by atoms with Crippen LogP contribution in [0.25, 0.3) is 11.1 Å². The van der Waals surface area contributed by atoms with Crippen molar-refractivity contribution in [3.63, 3.8) is 0 Å². The lowest BCUT2D eigenvalue weighted by Crippen LogP contribution is -2.35. The highest BCUT2D eigenvalue weighted by Crippen LogP contribution is 2.21. The summed E-state index contributed by atoms with van der Waals surface area (Å²) >= 11 is 0. The molecule has 3 heterocycles. The van der Waals surface area contributed by atoms with Crippen molar-refractivity contribution in [1.29, 1.82) is 0 Å². The van der Waals surface area contributed by atoms with Crippen LogP contribution in [0, 0.1) is 13.8 Å². The smallest absolute Gasteiger partial charge is 0.258 e. The highest BCUT2D eigenvalue weighted by molar-refractivity contribution is 6.06. The van der Waals surface area contributed by atoms with E-state index >= 15 is 0 Å². The monoisotopic (exact) mass is 316 g/mol. The lowest BCUT2D eigenvalue weighted by molar-refractivity contribution is 0.0950. The molecule has 6 heteroatoms. The number of hydrogen-bond donors (Lipinski definition) is 1. The second-order valence-corrected chi connectivity index (χ2v) is 6.27. The minimum absolute atomic E-state index is 0.0818. The van der Waals surface area contributed by atoms with Gasteiger partial charge in [-0.3, -0.25) is 4.79 Å². The predicted octanol–water partition coefficient (Wildman–Crippen LogP) is 2.45. The average molecular weight is 316 g/mol. The second-order valence-electron chi connectivity index (χ2n) is 6.27. The Bertz CT molecular complexity index is 687. The topological polar surface area (TPSA) is 71.3 Å². The van der Waals surface area contributed by atoms with E-state index in [9.17, 15) is 4.79 Å². The van der Waals surface area contributed by atoms with Gasteiger partial charge >= 0.3 is 0 Å². The summed E-state index contributed by atoms with van der Waals surface area (Å²) in [6.45, 7) is 7.52. The Morgan fingerprint density at radius 2 is 2.00 bits per heavy atom. The number of nitrogens with zero attached hydrogens (tertiary/aromatic N) is 3. The number of carbonyl (C=O) groups is 1. The third kappa shape index (κ3) is 3.69. The summed E-state index contributed by atoms with van der Waals surface area (Å²) < 4.78 is 5.18. The van der Waals surface area contributed by atoms with Crippen molar-refractivity contribution in [3.8, 4) is 0 Å². The maximum atomic E-state index is 12.5. The lowest BCUT2D eigenvalue weighted by atomic mass is 10.1. The summed E-state index contributed by atoms with van der Waals surface area (Å²) in [7, 11) is 0. The van der Waals surface area contributed by atoms with Crippen molar-refractivity contribution < 1.29 is 9.32 Å². The fourth-order valence-corrected chi connectivity index (χ4v) is 3.18. The molecule has 1 amide bonds. The van der Waals surface area contributed by atoms with Gasteiger partial charge in [0.05, 0.1) is 16.6 Å². The van der Waals surface area contributed by atoms with Crippen LogP contribution in [0.5, 0.6) is 0 Å². The first kappa shape index (κ1) is 15.9. The summed E-state index contributed by atoms with van der Waals surface area (Å²) in [4.78, 5) is 19.3. The molecule has 1 aliphatic heterocycles. The SMILES string of the molecule is Cc1cc(C(=O)NCCN2CCCCCC2)c2c(C)noc2n1. The van der Waals surface area contributed by atoms with Crippen LogP contribution < -0.4 is 5.32 Å². The summed E-state index contributed by atoms with van der Waals surface area (Å²) in [5.74, 6) is -0.0818. The Labute approximate surface area is 136 Å². The van der Waals surface area contributed by atoms with Crippen LogP contribution in [-0.2, 0) is 0 Å². The zero-order valence-electron chi connectivity index (χ0n) is 13.9. The Balaban J connectivity index is 1.65. The predicted molar refractivity (Wildman–Crippen MR) is 88.5 cm³/mol. The summed E-state index contributed by atoms with van der Waals surface area (Å²) in [6.07, 6.45) is 5.17. The molecule has 1 fully saturated rings. The Hall–Kier alpha value is -1.95. The van der Waals surface area contributed by atoms with Crippen molar-refractivity contribution in [3.05, 3.63) is 23.0 Å². The van der Waals surface area contributed by atoms with Gasteiger partial charge in [0.2, 0.25) is 0 Å². The summed E-state index contributed by atoms with van der Waals surface area (Å²) in [6, 6.07) is 1.80. The van der Waals surface area contributed by atoms with Gasteiger partial charge in [-0.25, -0.2) is 4.98 Å². The maximum Gasteiger partial charge on any atom is 0.258 e. The van der Waals surface area contributed by atoms with E-state index in [-0.39, 0.29) is 5.91 Å². The quantitative estimate of drug-likeness (QED) is 0.938. The van der Waals surface area contributed by atoms with Crippen LogP contribution in [0.4, 0.5) is 0 Å². The summed E-state index contributed by atoms with van der Waals surface area (Å²) in [5.41, 5.74) is 2.48. The molecule has 0 spiro atoms. The van der Waals surface area contributed by atoms with Crippen molar-refractivity contribution in [2.45, 2.75) is 39.5 Å². The van der Waals surface area contributed by atoms with E-state index in [1.807, 2.05) is 13.8 Å². The lowest BCUT2D eigenvalue weighted by Gasteiger charge is -2.19. The molecule has 2 aromatic heterocycles. The summed E-state index contributed by atoms with van der Waals surface area (Å²) in [5, 5.41) is 7.65. The van der Waals surface area contributed by atoms with Crippen molar-refractivity contribution in [2.24, 2.45) is 0 Å². The molecule has 0 aromatic carbocycles. The molecule has 0 radical (unpaired) electrons. The zero-order chi connectivity index (χ0) is 16.2. The number of pyridine rings is 1. The normalized spacial score (nSPS) is 16.4. The average Bonchev–Trinajstić information content (AvgIpc) is 2.75. The third-order valence-corrected chi connectivity index (χ3v) is 4.40. The van der Waals surface area contributed by atoms with E-state index in [4.69, 9.17) is 4.52 Å². The molecule has 1 saturated heterocycles. The fraction of sp³-hybridized carbons (Fsp3) is 0.588. The first-order chi connectivity index (χ1) is 11.1. The molecule has 0 bridgehead atoms. The van der Waals surface area contributed by atoms with Gasteiger partial charge in [0.25, 0.3) is 11.6 Å². The molecule has 0 atom stereocenters. The number of likely N-dealkylation sites (tertiary alicyclic amines) is 1. The first-order valence-electron chi connectivity index (χ1n) is 8.39. The highest BCUT2D eigenvalue weighted by atomic mass is 16.5. The molecular weight excluding hydrogens is 292 g/mol. The second kappa shape index (κ2) is 7.08. The van der Waals surface area contributed by atoms with Gasteiger partial charge in [0.1, 0.15) is 0 Å². The molecular formula is C17H24N4O2. The molecule has 0 aliphatic carbocycles. The number of aromatic nitrogens is 2. The van der Waals surface area contributed by atoms with Crippen LogP contribution in [0.15, 0.2) is 10.6 Å². The van der Waals surface area contributed by atoms with Crippen LogP contribution in [0.3, 0.4) is 0 Å². The molecule has 0 unspecified atom stereocenters. The van der Waals surface area contributed by atoms with Crippen LogP contribution in [0.1, 0.15) is 47.4 Å². The largest absolute Gasteiger partial charge is 0.351 e. The van der Waals surface area contributed by atoms with Gasteiger partial charge < -0.3 is 14.7 Å². The number of carbonyl (C=O) groups excluding carboxylic acids is 1. The van der Waals surface area contributed by atoms with E-state index in [1.54, 1.807) is 6.07 Å². The standard InChI is InChI=1S/C17H24N4O2/c1-12-11-14(15-13(2)20-23-17(15)19-12)16(22)18-7-10-21-8-5-3-4-6-9-21/h11H,3-10H2,1-2H3,(H,18,22). The number of amides is 1. The van der Waals surface area contributed by atoms with E-state index in [2.05, 4.69) is 20.4 Å². The molecule has 6 nitrogen and oxygen atoms in total. The first-order valence-corrected chi connectivity index (χ1v) is 8.39.